The van der Waals surface area contributed by atoms with Crippen molar-refractivity contribution in [1.82, 2.24) is 15.5 Å². The van der Waals surface area contributed by atoms with Crippen LogP contribution < -0.4 is 15.4 Å². The first-order chi connectivity index (χ1) is 26.2. The van der Waals surface area contributed by atoms with Crippen LogP contribution >= 0.6 is 27.0 Å². The number of benzene rings is 3. The summed E-state index contributed by atoms with van der Waals surface area (Å²) in [5, 5.41) is 5.82. The van der Waals surface area contributed by atoms with Gasteiger partial charge in [-0.15, -0.1) is 0 Å². The number of amides is 3. The van der Waals surface area contributed by atoms with Crippen molar-refractivity contribution in [2.24, 2.45) is 5.92 Å². The van der Waals surface area contributed by atoms with Gasteiger partial charge in [-0.3, -0.25) is 19.2 Å². The summed E-state index contributed by atoms with van der Waals surface area (Å²) in [7, 11) is 1.54. The Kier molecular flexibility index (Phi) is 18.3. The lowest BCUT2D eigenvalue weighted by atomic mass is 9.60. The number of likely N-dealkylation sites (tertiary alicyclic amines) is 1. The molecule has 3 atom stereocenters. The van der Waals surface area contributed by atoms with Crippen LogP contribution in [0.15, 0.2) is 78.9 Å². The number of rotatable bonds is 16. The number of fused-ring (bicyclic) bond motifs is 1. The molecular weight excluding hydrogens is 751 g/mol. The zero-order valence-electron chi connectivity index (χ0n) is 32.6. The van der Waals surface area contributed by atoms with E-state index in [0.29, 0.717) is 75.9 Å². The van der Waals surface area contributed by atoms with Crippen LogP contribution in [0.4, 0.5) is 4.79 Å². The molecule has 0 spiro atoms. The maximum atomic E-state index is 14.9. The predicted octanol–water partition coefficient (Wildman–Crippen LogP) is 6.56. The minimum absolute atomic E-state index is 0. The first-order valence-electron chi connectivity index (χ1n) is 19.2. The first-order valence-corrected chi connectivity index (χ1v) is 19.2. The summed E-state index contributed by atoms with van der Waals surface area (Å²) in [6, 6.07) is 24.4. The molecule has 3 amide bonds. The lowest BCUT2D eigenvalue weighted by molar-refractivity contribution is -0.150. The number of carbonyl (C=O) groups is 5. The zero-order chi connectivity index (χ0) is 38.5. The van der Waals surface area contributed by atoms with Gasteiger partial charge >= 0.3 is 12.1 Å². The molecule has 1 aliphatic carbocycles. The van der Waals surface area contributed by atoms with Crippen molar-refractivity contribution in [3.63, 3.8) is 0 Å². The Balaban J connectivity index is 0.00000420. The van der Waals surface area contributed by atoms with Crippen molar-refractivity contribution in [2.45, 2.75) is 82.6 Å². The van der Waals surface area contributed by atoms with Gasteiger partial charge in [-0.2, -0.15) is 27.0 Å². The summed E-state index contributed by atoms with van der Waals surface area (Å²) in [6.07, 6.45) is 3.28. The van der Waals surface area contributed by atoms with E-state index in [2.05, 4.69) is 10.6 Å². The Hall–Kier alpha value is -4.49. The number of piperidine rings is 1. The molecule has 3 aromatic rings. The van der Waals surface area contributed by atoms with Gasteiger partial charge in [0.05, 0.1) is 43.1 Å². The number of nitrogens with zero attached hydrogens (tertiary/aromatic N) is 1. The highest BCUT2D eigenvalue weighted by molar-refractivity contribution is 7.59. The van der Waals surface area contributed by atoms with Crippen LogP contribution in [0, 0.1) is 5.92 Å². The minimum atomic E-state index is -1.05. The van der Waals surface area contributed by atoms with Gasteiger partial charge in [0.2, 0.25) is 5.91 Å². The van der Waals surface area contributed by atoms with Crippen molar-refractivity contribution < 1.29 is 38.2 Å². The van der Waals surface area contributed by atoms with E-state index in [1.54, 1.807) is 32.0 Å². The van der Waals surface area contributed by atoms with E-state index < -0.39 is 29.3 Å². The van der Waals surface area contributed by atoms with Gasteiger partial charge in [0, 0.05) is 32.1 Å². The van der Waals surface area contributed by atoms with Gasteiger partial charge in [-0.05, 0) is 81.2 Å². The Morgan fingerprint density at radius 2 is 1.48 bits per heavy atom. The molecule has 0 radical (unpaired) electrons. The number of Topliss-reactive ketones (excluding diaryl/α,β-unsaturated/α-hetero) is 1. The molecule has 0 aromatic heterocycles. The van der Waals surface area contributed by atoms with E-state index in [9.17, 15) is 24.0 Å². The molecule has 0 saturated carbocycles. The topological polar surface area (TPSA) is 140 Å². The highest BCUT2D eigenvalue weighted by atomic mass is 32.1. The number of methoxy groups -OCH3 is 1. The van der Waals surface area contributed by atoms with Crippen LogP contribution in [0.3, 0.4) is 0 Å². The molecule has 0 unspecified atom stereocenters. The number of hydrogen-bond donors (Lipinski definition) is 2. The summed E-state index contributed by atoms with van der Waals surface area (Å²) in [5.74, 6) is -1.24. The first kappa shape index (κ1) is 45.9. The number of ether oxygens (including phenoxy) is 3. The maximum absolute atomic E-state index is 14.9. The number of carbonyl (C=O) groups excluding carboxylic acids is 5. The van der Waals surface area contributed by atoms with E-state index >= 15 is 0 Å². The van der Waals surface area contributed by atoms with Gasteiger partial charge in [-0.25, -0.2) is 4.79 Å². The Bertz CT molecular complexity index is 1770. The third kappa shape index (κ3) is 10.9. The number of esters is 1. The Morgan fingerprint density at radius 1 is 0.821 bits per heavy atom. The monoisotopic (exact) mass is 807 g/mol. The number of nitrogens with one attached hydrogen (secondary N) is 2. The van der Waals surface area contributed by atoms with Gasteiger partial charge in [0.1, 0.15) is 11.5 Å². The largest absolute Gasteiger partial charge is 0.496 e. The van der Waals surface area contributed by atoms with Crippen LogP contribution in [0.5, 0.6) is 5.75 Å². The summed E-state index contributed by atoms with van der Waals surface area (Å²) in [5.41, 5.74) is 1.88. The molecule has 304 valence electrons. The Morgan fingerprint density at radius 3 is 2.18 bits per heavy atom. The van der Waals surface area contributed by atoms with E-state index in [0.717, 1.165) is 16.7 Å². The van der Waals surface area contributed by atoms with Gasteiger partial charge < -0.3 is 29.7 Å². The standard InChI is InChI=1S/C43H53N3O8.2H2S/c1-4-53-41(50)30(15-13-14-26-44-42(51)54-5-2)29-38(47)43(31-16-7-6-8-17-31)25-22-34(33-18-9-11-20-36(33)43)40(49)46-27-23-32(24-28-46)45-39(48)35-19-10-12-21-37(35)52-3;;/h6-12,16-21,30,32,34H,4-5,13-15,22-29H2,1-3H3,(H,44,51)(H,45,48);2*1H2/t30-,34+,43-;;/m1../s1. The molecule has 56 heavy (non-hydrogen) atoms. The molecule has 13 heteroatoms. The molecule has 5 rings (SSSR count). The molecule has 0 bridgehead atoms. The summed E-state index contributed by atoms with van der Waals surface area (Å²) in [4.78, 5) is 69.1. The van der Waals surface area contributed by atoms with Crippen LogP contribution in [0.25, 0.3) is 0 Å². The zero-order valence-corrected chi connectivity index (χ0v) is 34.6. The fourth-order valence-electron chi connectivity index (χ4n) is 7.98. The summed E-state index contributed by atoms with van der Waals surface area (Å²) < 4.78 is 15.7. The number of alkyl carbamates (subject to hydrolysis) is 1. The fraction of sp³-hybridized carbons (Fsp3) is 0.465. The van der Waals surface area contributed by atoms with Crippen LogP contribution in [0.1, 0.15) is 98.2 Å². The van der Waals surface area contributed by atoms with Gasteiger partial charge in [0.15, 0.2) is 0 Å². The quantitative estimate of drug-likeness (QED) is 0.123. The third-order valence-corrected chi connectivity index (χ3v) is 10.7. The predicted molar refractivity (Wildman–Crippen MR) is 225 cm³/mol. The lowest BCUT2D eigenvalue weighted by Crippen LogP contribution is -2.49. The second-order valence-corrected chi connectivity index (χ2v) is 13.9. The molecule has 1 aliphatic heterocycles. The summed E-state index contributed by atoms with van der Waals surface area (Å²) >= 11 is 0. The van der Waals surface area contributed by atoms with E-state index in [-0.39, 0.29) is 70.3 Å². The van der Waals surface area contributed by atoms with Gasteiger partial charge in [0.25, 0.3) is 5.91 Å². The second kappa shape index (κ2) is 22.3. The third-order valence-electron chi connectivity index (χ3n) is 10.7. The Labute approximate surface area is 344 Å². The van der Waals surface area contributed by atoms with Gasteiger partial charge in [-0.1, -0.05) is 73.2 Å². The number of hydrogen-bond acceptors (Lipinski definition) is 8. The number of para-hydroxylation sites is 1. The number of unbranched alkanes of at least 4 members (excludes halogenated alkanes) is 1. The highest BCUT2D eigenvalue weighted by Crippen LogP contribution is 2.49. The molecule has 1 saturated heterocycles. The second-order valence-electron chi connectivity index (χ2n) is 13.9. The van der Waals surface area contributed by atoms with Crippen molar-refractivity contribution in [3.05, 3.63) is 101 Å². The van der Waals surface area contributed by atoms with E-state index in [1.165, 1.54) is 7.11 Å². The molecule has 11 nitrogen and oxygen atoms in total. The van der Waals surface area contributed by atoms with E-state index in [4.69, 9.17) is 14.2 Å². The fourth-order valence-corrected chi connectivity index (χ4v) is 7.98. The maximum Gasteiger partial charge on any atom is 0.407 e. The smallest absolute Gasteiger partial charge is 0.407 e. The highest BCUT2D eigenvalue weighted by Gasteiger charge is 2.49. The SMILES string of the molecule is CCOC(=O)NCCCC[C@H](CC(=O)[C@@]1(c2ccccc2)CC[C@H](C(=O)N2CCC(NC(=O)c3ccccc3OC)CC2)c2ccccc21)C(=O)OCC.S.S. The van der Waals surface area contributed by atoms with Crippen molar-refractivity contribution in [3.8, 4) is 5.75 Å². The minimum Gasteiger partial charge on any atom is -0.496 e. The van der Waals surface area contributed by atoms with Crippen molar-refractivity contribution in [2.75, 3.05) is 40.0 Å². The molecule has 1 heterocycles. The average Bonchev–Trinajstić information content (AvgIpc) is 3.20. The average molecular weight is 808 g/mol. The molecule has 3 aromatic carbocycles. The normalized spacial score (nSPS) is 18.1. The van der Waals surface area contributed by atoms with Crippen molar-refractivity contribution >= 4 is 56.7 Å². The molecule has 2 N–H and O–H groups in total. The molecular formula is C43H57N3O8S2. The molecule has 1 fully saturated rings. The van der Waals surface area contributed by atoms with Crippen LogP contribution in [-0.4, -0.2) is 80.6 Å². The molecule has 2 aliphatic rings. The van der Waals surface area contributed by atoms with Crippen LogP contribution in [-0.2, 0) is 29.3 Å². The van der Waals surface area contributed by atoms with E-state index in [1.807, 2.05) is 65.6 Å². The summed E-state index contributed by atoms with van der Waals surface area (Å²) in [6.45, 7) is 5.39. The van der Waals surface area contributed by atoms with Crippen molar-refractivity contribution in [1.29, 1.82) is 0 Å². The lowest BCUT2D eigenvalue weighted by Gasteiger charge is -2.43. The van der Waals surface area contributed by atoms with Crippen LogP contribution in [0.2, 0.25) is 0 Å². The number of ketones is 1.